The number of nitrogens with one attached hydrogen (secondary N) is 1. The summed E-state index contributed by atoms with van der Waals surface area (Å²) >= 11 is 1.19. The van der Waals surface area contributed by atoms with E-state index in [9.17, 15) is 4.39 Å². The van der Waals surface area contributed by atoms with Gasteiger partial charge in [0.1, 0.15) is 22.3 Å². The summed E-state index contributed by atoms with van der Waals surface area (Å²) < 4.78 is 21.7. The van der Waals surface area contributed by atoms with Gasteiger partial charge >= 0.3 is 0 Å². The lowest BCUT2D eigenvalue weighted by atomic mass is 10.0. The smallest absolute Gasteiger partial charge is 0.213 e. The zero-order valence-electron chi connectivity index (χ0n) is 13.6. The molecular formula is C19H16FN3OS. The highest BCUT2D eigenvalue weighted by molar-refractivity contribution is 8.00. The molecule has 126 valence electrons. The van der Waals surface area contributed by atoms with Crippen LogP contribution in [0.15, 0.2) is 66.2 Å². The summed E-state index contributed by atoms with van der Waals surface area (Å²) in [7, 11) is 1.61. The summed E-state index contributed by atoms with van der Waals surface area (Å²) in [4.78, 5) is 8.43. The van der Waals surface area contributed by atoms with Crippen molar-refractivity contribution in [2.45, 2.75) is 5.03 Å². The fourth-order valence-electron chi connectivity index (χ4n) is 2.30. The highest BCUT2D eigenvalue weighted by atomic mass is 32.2. The van der Waals surface area contributed by atoms with E-state index in [1.54, 1.807) is 31.4 Å². The van der Waals surface area contributed by atoms with Crippen LogP contribution in [-0.4, -0.2) is 17.1 Å². The molecule has 0 radical (unpaired) electrons. The quantitative estimate of drug-likeness (QED) is 0.496. The largest absolute Gasteiger partial charge is 0.494 e. The molecule has 0 atom stereocenters. The molecule has 4 nitrogen and oxygen atoms in total. The van der Waals surface area contributed by atoms with E-state index in [1.165, 1.54) is 18.0 Å². The molecule has 0 saturated carbocycles. The normalized spacial score (nSPS) is 10.3. The summed E-state index contributed by atoms with van der Waals surface area (Å²) in [6.07, 6.45) is 1.78. The molecule has 25 heavy (non-hydrogen) atoms. The van der Waals surface area contributed by atoms with Crippen LogP contribution < -0.4 is 9.46 Å². The van der Waals surface area contributed by atoms with Crippen molar-refractivity contribution in [3.8, 4) is 17.0 Å². The third-order valence-electron chi connectivity index (χ3n) is 3.46. The van der Waals surface area contributed by atoms with Gasteiger partial charge in [-0.05, 0) is 29.8 Å². The third-order valence-corrected chi connectivity index (χ3v) is 4.21. The van der Waals surface area contributed by atoms with E-state index in [4.69, 9.17) is 4.74 Å². The number of anilines is 1. The van der Waals surface area contributed by atoms with E-state index >= 15 is 0 Å². The van der Waals surface area contributed by atoms with Crippen LogP contribution in [0, 0.1) is 5.95 Å². The lowest BCUT2D eigenvalue weighted by molar-refractivity contribution is 0.415. The maximum absolute atomic E-state index is 13.2. The van der Waals surface area contributed by atoms with Gasteiger partial charge in [-0.3, -0.25) is 0 Å². The molecule has 0 fully saturated rings. The predicted molar refractivity (Wildman–Crippen MR) is 100.0 cm³/mol. The van der Waals surface area contributed by atoms with Gasteiger partial charge in [-0.25, -0.2) is 9.97 Å². The minimum absolute atomic E-state index is 0.518. The van der Waals surface area contributed by atoms with Crippen LogP contribution in [0.1, 0.15) is 5.56 Å². The maximum Gasteiger partial charge on any atom is 0.213 e. The van der Waals surface area contributed by atoms with E-state index in [1.807, 2.05) is 30.3 Å². The molecule has 3 aromatic rings. The number of nitrogens with zero attached hydrogens (tertiary/aromatic N) is 2. The Bertz CT molecular complexity index is 901. The minimum Gasteiger partial charge on any atom is -0.494 e. The Morgan fingerprint density at radius 1 is 1.08 bits per heavy atom. The van der Waals surface area contributed by atoms with Crippen molar-refractivity contribution >= 4 is 23.8 Å². The standard InChI is InChI=1S/C19H16FN3OS/c1-3-13-7-4-5-8-14(13)19-15(24-2)11-12-17(22-19)23-25-18-10-6-9-16(20)21-18/h3-12H,1H2,2H3,(H,22,23). The number of hydrogen-bond acceptors (Lipinski definition) is 5. The molecule has 0 unspecified atom stereocenters. The van der Waals surface area contributed by atoms with Crippen LogP contribution in [0.5, 0.6) is 5.75 Å². The number of ether oxygens (including phenoxy) is 1. The first-order valence-electron chi connectivity index (χ1n) is 7.53. The molecule has 0 saturated heterocycles. The summed E-state index contributed by atoms with van der Waals surface area (Å²) in [5.41, 5.74) is 2.59. The van der Waals surface area contributed by atoms with Gasteiger partial charge in [0.05, 0.1) is 7.11 Å². The van der Waals surface area contributed by atoms with Crippen molar-refractivity contribution < 1.29 is 9.13 Å². The van der Waals surface area contributed by atoms with Gasteiger partial charge in [-0.2, -0.15) is 4.39 Å². The SMILES string of the molecule is C=Cc1ccccc1-c1nc(NSc2cccc(F)n2)ccc1OC. The average Bonchev–Trinajstić information content (AvgIpc) is 2.66. The molecule has 0 bridgehead atoms. The third kappa shape index (κ3) is 3.97. The van der Waals surface area contributed by atoms with E-state index in [-0.39, 0.29) is 0 Å². The molecule has 2 heterocycles. The van der Waals surface area contributed by atoms with Crippen LogP contribution in [-0.2, 0) is 0 Å². The van der Waals surface area contributed by atoms with Gasteiger partial charge in [0.25, 0.3) is 0 Å². The fourth-order valence-corrected chi connectivity index (χ4v) is 2.90. The van der Waals surface area contributed by atoms with Crippen molar-refractivity contribution in [1.82, 2.24) is 9.97 Å². The summed E-state index contributed by atoms with van der Waals surface area (Å²) in [6.45, 7) is 3.85. The minimum atomic E-state index is -0.518. The van der Waals surface area contributed by atoms with Crippen molar-refractivity contribution in [2.24, 2.45) is 0 Å². The molecule has 1 aromatic carbocycles. The molecule has 0 amide bonds. The topological polar surface area (TPSA) is 47.0 Å². The van der Waals surface area contributed by atoms with Gasteiger partial charge in [-0.15, -0.1) is 0 Å². The summed E-state index contributed by atoms with van der Waals surface area (Å²) in [6, 6.07) is 16.1. The lowest BCUT2D eigenvalue weighted by Gasteiger charge is -2.12. The van der Waals surface area contributed by atoms with Crippen molar-refractivity contribution in [3.63, 3.8) is 0 Å². The summed E-state index contributed by atoms with van der Waals surface area (Å²) in [5.74, 6) is 0.759. The molecular weight excluding hydrogens is 337 g/mol. The van der Waals surface area contributed by atoms with Crippen molar-refractivity contribution in [3.05, 3.63) is 72.7 Å². The van der Waals surface area contributed by atoms with E-state index in [0.717, 1.165) is 11.1 Å². The Balaban J connectivity index is 1.91. The monoisotopic (exact) mass is 353 g/mol. The second-order valence-corrected chi connectivity index (χ2v) is 5.87. The first-order valence-corrected chi connectivity index (χ1v) is 8.35. The van der Waals surface area contributed by atoms with Gasteiger partial charge in [0, 0.05) is 17.5 Å². The molecule has 0 spiro atoms. The van der Waals surface area contributed by atoms with E-state index < -0.39 is 5.95 Å². The number of pyridine rings is 2. The number of rotatable bonds is 6. The first kappa shape index (κ1) is 17.0. The fraction of sp³-hybridized carbons (Fsp3) is 0.0526. The number of benzene rings is 1. The zero-order valence-corrected chi connectivity index (χ0v) is 14.4. The second kappa shape index (κ2) is 7.81. The van der Waals surface area contributed by atoms with E-state index in [2.05, 4.69) is 21.3 Å². The lowest BCUT2D eigenvalue weighted by Crippen LogP contribution is -1.98. The maximum atomic E-state index is 13.2. The van der Waals surface area contributed by atoms with E-state index in [0.29, 0.717) is 22.3 Å². The molecule has 0 aliphatic carbocycles. The molecule has 1 N–H and O–H groups in total. The van der Waals surface area contributed by atoms with Gasteiger partial charge < -0.3 is 9.46 Å². The zero-order chi connectivity index (χ0) is 17.6. The molecule has 6 heteroatoms. The Morgan fingerprint density at radius 3 is 2.68 bits per heavy atom. The van der Waals surface area contributed by atoms with Crippen LogP contribution >= 0.6 is 11.9 Å². The molecule has 2 aromatic heterocycles. The number of aromatic nitrogens is 2. The molecule has 0 aliphatic rings. The highest BCUT2D eigenvalue weighted by Gasteiger charge is 2.12. The number of halogens is 1. The average molecular weight is 353 g/mol. The molecule has 0 aliphatic heterocycles. The Morgan fingerprint density at radius 2 is 1.92 bits per heavy atom. The number of methoxy groups -OCH3 is 1. The van der Waals surface area contributed by atoms with Gasteiger partial charge in [0.2, 0.25) is 5.95 Å². The predicted octanol–water partition coefficient (Wildman–Crippen LogP) is 5.05. The second-order valence-electron chi connectivity index (χ2n) is 5.04. The molecule has 3 rings (SSSR count). The first-order chi connectivity index (χ1) is 12.2. The Kier molecular flexibility index (Phi) is 5.30. The van der Waals surface area contributed by atoms with Crippen molar-refractivity contribution in [2.75, 3.05) is 11.8 Å². The Labute approximate surface area is 149 Å². The van der Waals surface area contributed by atoms with Crippen LogP contribution in [0.2, 0.25) is 0 Å². The van der Waals surface area contributed by atoms with Gasteiger partial charge in [0.15, 0.2) is 0 Å². The van der Waals surface area contributed by atoms with Gasteiger partial charge in [-0.1, -0.05) is 43.0 Å². The summed E-state index contributed by atoms with van der Waals surface area (Å²) in [5, 5.41) is 0.519. The van der Waals surface area contributed by atoms with Crippen LogP contribution in [0.4, 0.5) is 10.2 Å². The van der Waals surface area contributed by atoms with Crippen LogP contribution in [0.3, 0.4) is 0 Å². The van der Waals surface area contributed by atoms with Crippen LogP contribution in [0.25, 0.3) is 17.3 Å². The number of hydrogen-bond donors (Lipinski definition) is 1. The van der Waals surface area contributed by atoms with Crippen molar-refractivity contribution in [1.29, 1.82) is 0 Å². The Hall–Kier alpha value is -2.86. The highest BCUT2D eigenvalue weighted by Crippen LogP contribution is 2.33.